The molecule has 0 aliphatic heterocycles. The van der Waals surface area contributed by atoms with Gasteiger partial charge in [0, 0.05) is 12.3 Å². The number of rotatable bonds is 5. The zero-order chi connectivity index (χ0) is 10.4. The van der Waals surface area contributed by atoms with Crippen LogP contribution in [0.2, 0.25) is 0 Å². The number of para-hydroxylation sites is 1. The van der Waals surface area contributed by atoms with Gasteiger partial charge < -0.3 is 10.1 Å². The minimum absolute atomic E-state index is 0.592. The van der Waals surface area contributed by atoms with Crippen molar-refractivity contribution < 1.29 is 4.74 Å². The Hall–Kier alpha value is -1.02. The molecule has 0 aliphatic rings. The Morgan fingerprint density at radius 3 is 2.71 bits per heavy atom. The van der Waals surface area contributed by atoms with Gasteiger partial charge in [-0.15, -0.1) is 0 Å². The summed E-state index contributed by atoms with van der Waals surface area (Å²) in [5.74, 6) is 0. The Bertz CT molecular complexity index is 284. The van der Waals surface area contributed by atoms with Crippen molar-refractivity contribution >= 4 is 5.69 Å². The largest absolute Gasteiger partial charge is 0.362 e. The van der Waals surface area contributed by atoms with Crippen LogP contribution in [0.3, 0.4) is 0 Å². The molecule has 2 heteroatoms. The van der Waals surface area contributed by atoms with Crippen LogP contribution >= 0.6 is 0 Å². The van der Waals surface area contributed by atoms with Crippen molar-refractivity contribution in [1.29, 1.82) is 0 Å². The topological polar surface area (TPSA) is 21.3 Å². The summed E-state index contributed by atoms with van der Waals surface area (Å²) >= 11 is 0. The molecule has 0 fully saturated rings. The van der Waals surface area contributed by atoms with Gasteiger partial charge in [0.05, 0.1) is 0 Å². The lowest BCUT2D eigenvalue weighted by Gasteiger charge is -2.13. The second-order valence-electron chi connectivity index (χ2n) is 3.28. The van der Waals surface area contributed by atoms with Gasteiger partial charge in [-0.3, -0.25) is 0 Å². The average molecular weight is 193 g/mol. The lowest BCUT2D eigenvalue weighted by molar-refractivity contribution is 0.167. The fraction of sp³-hybridized carbons (Fsp3) is 0.500. The summed E-state index contributed by atoms with van der Waals surface area (Å²) in [5.41, 5.74) is 3.86. The summed E-state index contributed by atoms with van der Waals surface area (Å²) in [7, 11) is 0. The molecule has 1 N–H and O–H groups in total. The maximum Gasteiger partial charge on any atom is 0.116 e. The molecule has 0 bridgehead atoms. The van der Waals surface area contributed by atoms with E-state index in [1.165, 1.54) is 16.8 Å². The molecule has 1 aromatic carbocycles. The summed E-state index contributed by atoms with van der Waals surface area (Å²) in [6.45, 7) is 7.63. The maximum atomic E-state index is 5.28. The maximum absolute atomic E-state index is 5.28. The van der Waals surface area contributed by atoms with Gasteiger partial charge in [0.25, 0.3) is 0 Å². The molecule has 78 valence electrons. The van der Waals surface area contributed by atoms with Crippen molar-refractivity contribution in [2.75, 3.05) is 18.7 Å². The predicted molar refractivity (Wildman–Crippen MR) is 60.7 cm³/mol. The third-order valence-corrected chi connectivity index (χ3v) is 2.30. The van der Waals surface area contributed by atoms with Gasteiger partial charge in [-0.1, -0.05) is 25.1 Å². The lowest BCUT2D eigenvalue weighted by Crippen LogP contribution is -2.08. The van der Waals surface area contributed by atoms with E-state index in [0.717, 1.165) is 13.0 Å². The molecule has 0 spiro atoms. The highest BCUT2D eigenvalue weighted by Gasteiger charge is 2.02. The van der Waals surface area contributed by atoms with Gasteiger partial charge in [0.1, 0.15) is 6.73 Å². The first-order valence-electron chi connectivity index (χ1n) is 5.19. The van der Waals surface area contributed by atoms with Gasteiger partial charge in [0.2, 0.25) is 0 Å². The number of benzene rings is 1. The molecular weight excluding hydrogens is 174 g/mol. The second-order valence-corrected chi connectivity index (χ2v) is 3.28. The van der Waals surface area contributed by atoms with Crippen LogP contribution in [-0.4, -0.2) is 13.3 Å². The minimum atomic E-state index is 0.592. The first-order valence-corrected chi connectivity index (χ1v) is 5.19. The van der Waals surface area contributed by atoms with Crippen molar-refractivity contribution in [3.8, 4) is 0 Å². The number of aryl methyl sites for hydroxylation is 2. The first-order chi connectivity index (χ1) is 6.79. The Labute approximate surface area is 86.3 Å². The van der Waals surface area contributed by atoms with Gasteiger partial charge in [0.15, 0.2) is 0 Å². The molecule has 0 atom stereocenters. The second kappa shape index (κ2) is 5.66. The van der Waals surface area contributed by atoms with E-state index < -0.39 is 0 Å². The molecule has 0 unspecified atom stereocenters. The minimum Gasteiger partial charge on any atom is -0.362 e. The number of hydrogen-bond donors (Lipinski definition) is 1. The third kappa shape index (κ3) is 2.74. The fourth-order valence-electron chi connectivity index (χ4n) is 1.50. The molecule has 2 nitrogen and oxygen atoms in total. The number of hydrogen-bond acceptors (Lipinski definition) is 2. The van der Waals surface area contributed by atoms with E-state index in [9.17, 15) is 0 Å². The first kappa shape index (κ1) is 11.1. The molecule has 0 aliphatic carbocycles. The van der Waals surface area contributed by atoms with Crippen molar-refractivity contribution in [3.63, 3.8) is 0 Å². The predicted octanol–water partition coefficient (Wildman–Crippen LogP) is 2.96. The van der Waals surface area contributed by atoms with Crippen LogP contribution in [-0.2, 0) is 11.2 Å². The zero-order valence-electron chi connectivity index (χ0n) is 9.26. The Morgan fingerprint density at radius 1 is 1.29 bits per heavy atom. The molecule has 0 saturated heterocycles. The van der Waals surface area contributed by atoms with Gasteiger partial charge in [-0.25, -0.2) is 0 Å². The molecule has 0 aromatic heterocycles. The molecule has 0 radical (unpaired) electrons. The summed E-state index contributed by atoms with van der Waals surface area (Å²) in [6.07, 6.45) is 1.05. The van der Waals surface area contributed by atoms with Crippen molar-refractivity contribution in [2.45, 2.75) is 27.2 Å². The van der Waals surface area contributed by atoms with Crippen LogP contribution in [0, 0.1) is 6.92 Å². The Morgan fingerprint density at radius 2 is 2.07 bits per heavy atom. The summed E-state index contributed by atoms with van der Waals surface area (Å²) in [6, 6.07) is 6.37. The Kier molecular flexibility index (Phi) is 4.47. The van der Waals surface area contributed by atoms with E-state index in [1.54, 1.807) is 0 Å². The lowest BCUT2D eigenvalue weighted by atomic mass is 10.1. The van der Waals surface area contributed by atoms with Gasteiger partial charge >= 0.3 is 0 Å². The number of anilines is 1. The van der Waals surface area contributed by atoms with Crippen LogP contribution in [0.5, 0.6) is 0 Å². The fourth-order valence-corrected chi connectivity index (χ4v) is 1.50. The van der Waals surface area contributed by atoms with E-state index in [0.29, 0.717) is 6.73 Å². The van der Waals surface area contributed by atoms with Crippen LogP contribution in [0.4, 0.5) is 5.69 Å². The molecule has 0 heterocycles. The van der Waals surface area contributed by atoms with Crippen LogP contribution in [0.25, 0.3) is 0 Å². The SMILES string of the molecule is CCOCNc1c(C)cccc1CC. The van der Waals surface area contributed by atoms with E-state index in [-0.39, 0.29) is 0 Å². The molecule has 0 amide bonds. The van der Waals surface area contributed by atoms with Crippen molar-refractivity contribution in [1.82, 2.24) is 0 Å². The zero-order valence-corrected chi connectivity index (χ0v) is 9.26. The van der Waals surface area contributed by atoms with Crippen LogP contribution in [0.1, 0.15) is 25.0 Å². The van der Waals surface area contributed by atoms with E-state index >= 15 is 0 Å². The van der Waals surface area contributed by atoms with E-state index in [4.69, 9.17) is 4.74 Å². The summed E-state index contributed by atoms with van der Waals surface area (Å²) in [4.78, 5) is 0. The molecular formula is C12H19NO. The highest BCUT2D eigenvalue weighted by Crippen LogP contribution is 2.20. The normalized spacial score (nSPS) is 10.2. The molecule has 1 aromatic rings. The smallest absolute Gasteiger partial charge is 0.116 e. The van der Waals surface area contributed by atoms with E-state index in [2.05, 4.69) is 37.4 Å². The number of nitrogens with one attached hydrogen (secondary N) is 1. The molecule has 14 heavy (non-hydrogen) atoms. The third-order valence-electron chi connectivity index (χ3n) is 2.30. The number of ether oxygens (including phenoxy) is 1. The molecule has 0 saturated carbocycles. The summed E-state index contributed by atoms with van der Waals surface area (Å²) in [5, 5.41) is 3.31. The summed E-state index contributed by atoms with van der Waals surface area (Å²) < 4.78 is 5.28. The van der Waals surface area contributed by atoms with Crippen molar-refractivity contribution in [2.24, 2.45) is 0 Å². The monoisotopic (exact) mass is 193 g/mol. The quantitative estimate of drug-likeness (QED) is 0.573. The van der Waals surface area contributed by atoms with Crippen LogP contribution in [0.15, 0.2) is 18.2 Å². The van der Waals surface area contributed by atoms with Crippen LogP contribution < -0.4 is 5.32 Å². The van der Waals surface area contributed by atoms with Gasteiger partial charge in [-0.05, 0) is 31.4 Å². The molecule has 1 rings (SSSR count). The highest BCUT2D eigenvalue weighted by atomic mass is 16.5. The standard InChI is InChI=1S/C12H19NO/c1-4-11-8-6-7-10(3)12(11)13-9-14-5-2/h6-8,13H,4-5,9H2,1-3H3. The van der Waals surface area contributed by atoms with Gasteiger partial charge in [-0.2, -0.15) is 0 Å². The van der Waals surface area contributed by atoms with Crippen molar-refractivity contribution in [3.05, 3.63) is 29.3 Å². The average Bonchev–Trinajstić information content (AvgIpc) is 2.20. The highest BCUT2D eigenvalue weighted by molar-refractivity contribution is 5.56. The van der Waals surface area contributed by atoms with E-state index in [1.807, 2.05) is 6.92 Å². The Balaban J connectivity index is 2.72.